The van der Waals surface area contributed by atoms with Crippen molar-refractivity contribution in [1.82, 2.24) is 9.88 Å². The van der Waals surface area contributed by atoms with Crippen LogP contribution in [-0.4, -0.2) is 28.4 Å². The molecule has 1 aromatic rings. The zero-order chi connectivity index (χ0) is 13.2. The van der Waals surface area contributed by atoms with Gasteiger partial charge in [0.15, 0.2) is 0 Å². The van der Waals surface area contributed by atoms with Crippen LogP contribution in [-0.2, 0) is 0 Å². The minimum atomic E-state index is -0.355. The van der Waals surface area contributed by atoms with E-state index in [0.29, 0.717) is 10.9 Å². The van der Waals surface area contributed by atoms with Crippen LogP contribution in [0, 0.1) is 0 Å². The van der Waals surface area contributed by atoms with Gasteiger partial charge in [-0.05, 0) is 32.2 Å². The maximum Gasteiger partial charge on any atom is 0.260 e. The summed E-state index contributed by atoms with van der Waals surface area (Å²) in [5.74, 6) is -0.355. The van der Waals surface area contributed by atoms with Gasteiger partial charge >= 0.3 is 0 Å². The van der Waals surface area contributed by atoms with Gasteiger partial charge in [-0.1, -0.05) is 19.3 Å². The van der Waals surface area contributed by atoms with Crippen molar-refractivity contribution < 1.29 is 4.79 Å². The first-order valence-corrected chi connectivity index (χ1v) is 8.08. The Hall–Kier alpha value is -0.940. The Bertz CT molecular complexity index is 453. The third-order valence-corrected chi connectivity index (χ3v) is 5.50. The molecule has 1 saturated carbocycles. The lowest BCUT2D eigenvalue weighted by atomic mass is 9.99. The van der Waals surface area contributed by atoms with Crippen LogP contribution in [0.4, 0.5) is 0 Å². The molecule has 104 valence electrons. The minimum absolute atomic E-state index is 0.355. The van der Waals surface area contributed by atoms with E-state index in [2.05, 4.69) is 9.88 Å². The predicted octanol–water partition coefficient (Wildman–Crippen LogP) is 2.71. The van der Waals surface area contributed by atoms with Gasteiger partial charge in [0.05, 0.1) is 12.2 Å². The van der Waals surface area contributed by atoms with Gasteiger partial charge in [-0.3, -0.25) is 9.69 Å². The van der Waals surface area contributed by atoms with Crippen LogP contribution < -0.4 is 5.73 Å². The van der Waals surface area contributed by atoms with Gasteiger partial charge in [0, 0.05) is 6.04 Å². The first kappa shape index (κ1) is 13.1. The largest absolute Gasteiger partial charge is 0.365 e. The summed E-state index contributed by atoms with van der Waals surface area (Å²) in [5, 5.41) is 1.08. The Labute approximate surface area is 118 Å². The van der Waals surface area contributed by atoms with Crippen molar-refractivity contribution in [3.63, 3.8) is 0 Å². The Kier molecular flexibility index (Phi) is 3.84. The topological polar surface area (TPSA) is 59.2 Å². The molecule has 5 heteroatoms. The normalized spacial score (nSPS) is 25.8. The summed E-state index contributed by atoms with van der Waals surface area (Å²) in [6.45, 7) is 1.18. The van der Waals surface area contributed by atoms with E-state index in [9.17, 15) is 4.79 Å². The monoisotopic (exact) mass is 279 g/mol. The summed E-state index contributed by atoms with van der Waals surface area (Å²) in [6.07, 6.45) is 10.7. The summed E-state index contributed by atoms with van der Waals surface area (Å²) < 4.78 is 0. The Balaban J connectivity index is 1.80. The average molecular weight is 279 g/mol. The van der Waals surface area contributed by atoms with E-state index < -0.39 is 0 Å². The molecule has 2 fully saturated rings. The number of aromatic nitrogens is 1. The molecule has 1 aliphatic carbocycles. The van der Waals surface area contributed by atoms with Crippen LogP contribution >= 0.6 is 11.3 Å². The highest BCUT2D eigenvalue weighted by Crippen LogP contribution is 2.38. The molecule has 2 aliphatic rings. The van der Waals surface area contributed by atoms with E-state index in [4.69, 9.17) is 5.73 Å². The number of thiazole rings is 1. The van der Waals surface area contributed by atoms with Gasteiger partial charge in [0.2, 0.25) is 0 Å². The van der Waals surface area contributed by atoms with Crippen LogP contribution in [0.25, 0.3) is 0 Å². The molecule has 1 aromatic heterocycles. The molecule has 3 rings (SSSR count). The lowest BCUT2D eigenvalue weighted by Crippen LogP contribution is -2.40. The quantitative estimate of drug-likeness (QED) is 0.925. The van der Waals surface area contributed by atoms with Crippen molar-refractivity contribution in [3.05, 3.63) is 16.1 Å². The Morgan fingerprint density at radius 2 is 2.00 bits per heavy atom. The molecular formula is C14H21N3OS. The van der Waals surface area contributed by atoms with Gasteiger partial charge in [-0.15, -0.1) is 11.3 Å². The number of hydrogen-bond donors (Lipinski definition) is 1. The van der Waals surface area contributed by atoms with Gasteiger partial charge < -0.3 is 5.73 Å². The molecule has 1 aliphatic heterocycles. The molecule has 0 spiro atoms. The number of nitrogens with two attached hydrogens (primary N) is 1. The summed E-state index contributed by atoms with van der Waals surface area (Å²) in [4.78, 5) is 18.9. The second kappa shape index (κ2) is 5.59. The fourth-order valence-electron chi connectivity index (χ4n) is 3.45. The SMILES string of the molecule is NC(=O)c1cnc([C@H]2CCCCN2C2CCCC2)s1. The van der Waals surface area contributed by atoms with E-state index in [1.807, 2.05) is 0 Å². The summed E-state index contributed by atoms with van der Waals surface area (Å²) in [5.41, 5.74) is 5.33. The maximum atomic E-state index is 11.2. The molecular weight excluding hydrogens is 258 g/mol. The number of rotatable bonds is 3. The number of hydrogen-bond acceptors (Lipinski definition) is 4. The number of likely N-dealkylation sites (tertiary alicyclic amines) is 1. The predicted molar refractivity (Wildman–Crippen MR) is 76.2 cm³/mol. The highest BCUT2D eigenvalue weighted by Gasteiger charge is 2.33. The average Bonchev–Trinajstić information content (AvgIpc) is 3.10. The third kappa shape index (κ3) is 2.67. The van der Waals surface area contributed by atoms with Gasteiger partial charge in [0.1, 0.15) is 9.88 Å². The number of amides is 1. The Morgan fingerprint density at radius 3 is 2.68 bits per heavy atom. The number of carbonyl (C=O) groups is 1. The molecule has 0 radical (unpaired) electrons. The van der Waals surface area contributed by atoms with Crippen molar-refractivity contribution >= 4 is 17.2 Å². The molecule has 0 aromatic carbocycles. The van der Waals surface area contributed by atoms with E-state index >= 15 is 0 Å². The van der Waals surface area contributed by atoms with Gasteiger partial charge in [-0.25, -0.2) is 4.98 Å². The van der Waals surface area contributed by atoms with Gasteiger partial charge in [0.25, 0.3) is 5.91 Å². The molecule has 1 amide bonds. The second-order valence-electron chi connectivity index (χ2n) is 5.61. The molecule has 19 heavy (non-hydrogen) atoms. The summed E-state index contributed by atoms with van der Waals surface area (Å²) in [7, 11) is 0. The minimum Gasteiger partial charge on any atom is -0.365 e. The highest BCUT2D eigenvalue weighted by molar-refractivity contribution is 7.13. The molecule has 2 N–H and O–H groups in total. The van der Waals surface area contributed by atoms with Gasteiger partial charge in [-0.2, -0.15) is 0 Å². The third-order valence-electron chi connectivity index (χ3n) is 4.39. The zero-order valence-electron chi connectivity index (χ0n) is 11.2. The van der Waals surface area contributed by atoms with Crippen molar-refractivity contribution in [2.24, 2.45) is 5.73 Å². The fourth-order valence-corrected chi connectivity index (χ4v) is 4.37. The smallest absolute Gasteiger partial charge is 0.260 e. The second-order valence-corrected chi connectivity index (χ2v) is 6.68. The van der Waals surface area contributed by atoms with Crippen molar-refractivity contribution in [1.29, 1.82) is 0 Å². The maximum absolute atomic E-state index is 11.2. The Morgan fingerprint density at radius 1 is 1.26 bits per heavy atom. The van der Waals surface area contributed by atoms with Crippen LogP contribution in [0.3, 0.4) is 0 Å². The van der Waals surface area contributed by atoms with Crippen molar-refractivity contribution in [3.8, 4) is 0 Å². The van der Waals surface area contributed by atoms with Crippen molar-refractivity contribution in [2.75, 3.05) is 6.54 Å². The molecule has 1 atom stereocenters. The number of carbonyl (C=O) groups excluding carboxylic acids is 1. The van der Waals surface area contributed by atoms with E-state index in [1.54, 1.807) is 6.20 Å². The number of nitrogens with zero attached hydrogens (tertiary/aromatic N) is 2. The van der Waals surface area contributed by atoms with Crippen LogP contribution in [0.1, 0.15) is 65.7 Å². The van der Waals surface area contributed by atoms with E-state index in [-0.39, 0.29) is 5.91 Å². The summed E-state index contributed by atoms with van der Waals surface area (Å²) >= 11 is 1.48. The lowest BCUT2D eigenvalue weighted by molar-refractivity contribution is 0.0967. The fraction of sp³-hybridized carbons (Fsp3) is 0.714. The molecule has 0 unspecified atom stereocenters. The number of piperidine rings is 1. The molecule has 4 nitrogen and oxygen atoms in total. The van der Waals surface area contributed by atoms with Crippen molar-refractivity contribution in [2.45, 2.75) is 57.0 Å². The van der Waals surface area contributed by atoms with E-state index in [0.717, 1.165) is 11.0 Å². The highest BCUT2D eigenvalue weighted by atomic mass is 32.1. The molecule has 2 heterocycles. The molecule has 1 saturated heterocycles. The van der Waals surface area contributed by atoms with E-state index in [1.165, 1.54) is 62.8 Å². The summed E-state index contributed by atoms with van der Waals surface area (Å²) in [6, 6.07) is 1.14. The number of primary amides is 1. The first-order chi connectivity index (χ1) is 9.25. The first-order valence-electron chi connectivity index (χ1n) is 7.27. The standard InChI is InChI=1S/C14H21N3OS/c15-13(18)12-9-16-14(19-12)11-7-3-4-8-17(11)10-5-1-2-6-10/h9-11H,1-8H2,(H2,15,18)/t11-/m1/s1. The lowest BCUT2D eigenvalue weighted by Gasteiger charge is -2.38. The van der Waals surface area contributed by atoms with Crippen LogP contribution in [0.5, 0.6) is 0 Å². The zero-order valence-corrected chi connectivity index (χ0v) is 12.0. The molecule has 0 bridgehead atoms. The van der Waals surface area contributed by atoms with Crippen LogP contribution in [0.2, 0.25) is 0 Å². The van der Waals surface area contributed by atoms with Crippen LogP contribution in [0.15, 0.2) is 6.20 Å².